The number of nitrogens with zero attached hydrogens (tertiary/aromatic N) is 2. The number of fused-ring (bicyclic) bond motifs is 1. The van der Waals surface area contributed by atoms with Crippen molar-refractivity contribution < 1.29 is 5.21 Å². The molecule has 0 spiro atoms. The van der Waals surface area contributed by atoms with Crippen molar-refractivity contribution in [3.05, 3.63) is 12.3 Å². The van der Waals surface area contributed by atoms with Gasteiger partial charge in [-0.3, -0.25) is 10.7 Å². The van der Waals surface area contributed by atoms with E-state index in [1.807, 2.05) is 11.7 Å². The lowest BCUT2D eigenvalue weighted by molar-refractivity contribution is 0.386. The van der Waals surface area contributed by atoms with Crippen LogP contribution in [0.15, 0.2) is 17.4 Å². The molecule has 3 N–H and O–H groups in total. The molecular weight excluding hydrogens is 188 g/mol. The molecule has 0 aliphatic heterocycles. The topological polar surface area (TPSA) is 73.8 Å². The fourth-order valence-electron chi connectivity index (χ4n) is 1.10. The Kier molecular flexibility index (Phi) is 2.07. The van der Waals surface area contributed by atoms with Crippen LogP contribution in [0.1, 0.15) is 0 Å². The van der Waals surface area contributed by atoms with Gasteiger partial charge in [0.15, 0.2) is 11.0 Å². The second kappa shape index (κ2) is 3.23. The molecule has 0 aliphatic carbocycles. The molecule has 13 heavy (non-hydrogen) atoms. The molecule has 5 nitrogen and oxygen atoms in total. The van der Waals surface area contributed by atoms with Crippen molar-refractivity contribution in [2.24, 2.45) is 0 Å². The normalized spacial score (nSPS) is 10.6. The molecule has 2 rings (SSSR count). The first-order valence-corrected chi connectivity index (χ1v) is 4.87. The Morgan fingerprint density at radius 3 is 3.08 bits per heavy atom. The van der Waals surface area contributed by atoms with Crippen LogP contribution in [-0.4, -0.2) is 26.4 Å². The minimum absolute atomic E-state index is 0.426. The number of hydrogen-bond acceptors (Lipinski definition) is 5. The Labute approximate surface area is 78.5 Å². The number of hydrogen-bond donors (Lipinski definition) is 3. The lowest BCUT2D eigenvalue weighted by Crippen LogP contribution is -1.97. The average molecular weight is 196 g/mol. The quantitative estimate of drug-likeness (QED) is 0.385. The van der Waals surface area contributed by atoms with Gasteiger partial charge in [-0.05, 0) is 12.3 Å². The largest absolute Gasteiger partial charge is 0.346 e. The predicted octanol–water partition coefficient (Wildman–Crippen LogP) is 1.48. The molecule has 0 saturated heterocycles. The van der Waals surface area contributed by atoms with Crippen LogP contribution in [0.25, 0.3) is 11.0 Å². The van der Waals surface area contributed by atoms with Crippen molar-refractivity contribution in [3.63, 3.8) is 0 Å². The van der Waals surface area contributed by atoms with Crippen LogP contribution < -0.4 is 5.48 Å². The summed E-state index contributed by atoms with van der Waals surface area (Å²) in [5, 5.41) is 10.2. The van der Waals surface area contributed by atoms with Gasteiger partial charge in [0.05, 0.1) is 5.39 Å². The minimum atomic E-state index is 0.426. The van der Waals surface area contributed by atoms with Crippen molar-refractivity contribution in [1.82, 2.24) is 15.0 Å². The van der Waals surface area contributed by atoms with Crippen LogP contribution in [0.2, 0.25) is 0 Å². The van der Waals surface area contributed by atoms with Crippen molar-refractivity contribution in [2.45, 2.75) is 5.16 Å². The molecule has 0 unspecified atom stereocenters. The van der Waals surface area contributed by atoms with Crippen LogP contribution in [-0.2, 0) is 0 Å². The summed E-state index contributed by atoms with van der Waals surface area (Å²) >= 11 is 1.42. The summed E-state index contributed by atoms with van der Waals surface area (Å²) in [5.74, 6) is 0.426. The standard InChI is InChI=1S/C7H8N4OS/c1-13-7-9-5-4(2-3-8-5)6(10-7)11-12/h2-3,12H,1H3,(H2,8,9,10,11). The number of H-pyrrole nitrogens is 1. The summed E-state index contributed by atoms with van der Waals surface area (Å²) in [4.78, 5) is 11.2. The highest BCUT2D eigenvalue weighted by Gasteiger charge is 2.06. The van der Waals surface area contributed by atoms with Gasteiger partial charge in [-0.25, -0.2) is 9.97 Å². The highest BCUT2D eigenvalue weighted by molar-refractivity contribution is 7.98. The Hall–Kier alpha value is -1.27. The lowest BCUT2D eigenvalue weighted by Gasteiger charge is -2.01. The van der Waals surface area contributed by atoms with E-state index in [9.17, 15) is 0 Å². The van der Waals surface area contributed by atoms with Gasteiger partial charge < -0.3 is 4.98 Å². The van der Waals surface area contributed by atoms with E-state index in [2.05, 4.69) is 15.0 Å². The van der Waals surface area contributed by atoms with E-state index in [0.29, 0.717) is 11.0 Å². The highest BCUT2D eigenvalue weighted by Crippen LogP contribution is 2.21. The van der Waals surface area contributed by atoms with Gasteiger partial charge in [0.2, 0.25) is 0 Å². The first-order valence-electron chi connectivity index (χ1n) is 3.64. The fraction of sp³-hybridized carbons (Fsp3) is 0.143. The third-order valence-electron chi connectivity index (χ3n) is 1.68. The third kappa shape index (κ3) is 1.34. The van der Waals surface area contributed by atoms with E-state index < -0.39 is 0 Å². The molecule has 0 aromatic carbocycles. The second-order valence-electron chi connectivity index (χ2n) is 2.41. The van der Waals surface area contributed by atoms with E-state index in [4.69, 9.17) is 5.21 Å². The minimum Gasteiger partial charge on any atom is -0.346 e. The van der Waals surface area contributed by atoms with E-state index >= 15 is 0 Å². The summed E-state index contributed by atoms with van der Waals surface area (Å²) in [6.07, 6.45) is 3.63. The van der Waals surface area contributed by atoms with Crippen molar-refractivity contribution in [2.75, 3.05) is 11.7 Å². The fourth-order valence-corrected chi connectivity index (χ4v) is 1.46. The predicted molar refractivity (Wildman–Crippen MR) is 51.1 cm³/mol. The third-order valence-corrected chi connectivity index (χ3v) is 2.23. The van der Waals surface area contributed by atoms with Crippen LogP contribution in [0, 0.1) is 0 Å². The maximum atomic E-state index is 8.81. The van der Waals surface area contributed by atoms with Crippen LogP contribution in [0.5, 0.6) is 0 Å². The molecule has 0 aliphatic rings. The molecule has 0 atom stereocenters. The van der Waals surface area contributed by atoms with Gasteiger partial charge in [-0.1, -0.05) is 11.8 Å². The first-order chi connectivity index (χ1) is 6.35. The molecule has 68 valence electrons. The molecule has 2 heterocycles. The molecule has 0 fully saturated rings. The van der Waals surface area contributed by atoms with Crippen molar-refractivity contribution in [3.8, 4) is 0 Å². The molecule has 2 aromatic heterocycles. The van der Waals surface area contributed by atoms with Gasteiger partial charge in [-0.2, -0.15) is 0 Å². The number of anilines is 1. The zero-order valence-corrected chi connectivity index (χ0v) is 7.72. The molecular formula is C7H8N4OS. The smallest absolute Gasteiger partial charge is 0.191 e. The monoisotopic (exact) mass is 196 g/mol. The zero-order valence-electron chi connectivity index (χ0n) is 6.90. The SMILES string of the molecule is CSc1nc(NO)c2cc[nH]c2n1. The van der Waals surface area contributed by atoms with Gasteiger partial charge in [0.25, 0.3) is 0 Å². The van der Waals surface area contributed by atoms with Crippen LogP contribution >= 0.6 is 11.8 Å². The summed E-state index contributed by atoms with van der Waals surface area (Å²) in [5.41, 5.74) is 2.76. The van der Waals surface area contributed by atoms with E-state index in [1.54, 1.807) is 12.3 Å². The van der Waals surface area contributed by atoms with Crippen LogP contribution in [0.3, 0.4) is 0 Å². The van der Waals surface area contributed by atoms with Gasteiger partial charge >= 0.3 is 0 Å². The zero-order chi connectivity index (χ0) is 9.26. The van der Waals surface area contributed by atoms with E-state index in [0.717, 1.165) is 11.0 Å². The maximum absolute atomic E-state index is 8.81. The van der Waals surface area contributed by atoms with Gasteiger partial charge in [0.1, 0.15) is 5.65 Å². The van der Waals surface area contributed by atoms with Crippen molar-refractivity contribution in [1.29, 1.82) is 0 Å². The summed E-state index contributed by atoms with van der Waals surface area (Å²) in [6.45, 7) is 0. The lowest BCUT2D eigenvalue weighted by atomic mass is 10.4. The van der Waals surface area contributed by atoms with Gasteiger partial charge in [0, 0.05) is 6.20 Å². The second-order valence-corrected chi connectivity index (χ2v) is 3.18. The number of aromatic amines is 1. The molecule has 2 aromatic rings. The van der Waals surface area contributed by atoms with E-state index in [1.165, 1.54) is 11.8 Å². The molecule has 0 amide bonds. The number of rotatable bonds is 2. The molecule has 6 heteroatoms. The molecule has 0 radical (unpaired) electrons. The van der Waals surface area contributed by atoms with E-state index in [-0.39, 0.29) is 0 Å². The summed E-state index contributed by atoms with van der Waals surface area (Å²) in [6, 6.07) is 1.80. The summed E-state index contributed by atoms with van der Waals surface area (Å²) < 4.78 is 0. The number of aromatic nitrogens is 3. The number of thioether (sulfide) groups is 1. The Bertz CT molecular complexity index is 427. The highest BCUT2D eigenvalue weighted by atomic mass is 32.2. The molecule has 0 bridgehead atoms. The Balaban J connectivity index is 2.70. The molecule has 0 saturated carbocycles. The Morgan fingerprint density at radius 1 is 1.54 bits per heavy atom. The number of nitrogens with one attached hydrogen (secondary N) is 2. The summed E-state index contributed by atoms with van der Waals surface area (Å²) in [7, 11) is 0. The Morgan fingerprint density at radius 2 is 2.38 bits per heavy atom. The maximum Gasteiger partial charge on any atom is 0.191 e. The average Bonchev–Trinajstić information content (AvgIpc) is 2.63. The van der Waals surface area contributed by atoms with Gasteiger partial charge in [-0.15, -0.1) is 0 Å². The van der Waals surface area contributed by atoms with Crippen LogP contribution in [0.4, 0.5) is 5.82 Å². The first kappa shape index (κ1) is 8.33. The van der Waals surface area contributed by atoms with Crippen molar-refractivity contribution >= 4 is 28.6 Å².